The first kappa shape index (κ1) is 26.4. The molecule has 0 bridgehead atoms. The Morgan fingerprint density at radius 1 is 1.30 bits per heavy atom. The van der Waals surface area contributed by atoms with Gasteiger partial charge in [-0.1, -0.05) is 0 Å². The average Bonchev–Trinajstić information content (AvgIpc) is 3.23. The van der Waals surface area contributed by atoms with Gasteiger partial charge in [0.1, 0.15) is 11.5 Å². The number of imidazole rings is 1. The summed E-state index contributed by atoms with van der Waals surface area (Å²) in [4.78, 5) is 29.7. The van der Waals surface area contributed by atoms with E-state index < -0.39 is 41.8 Å². The van der Waals surface area contributed by atoms with Gasteiger partial charge in [-0.2, -0.15) is 13.2 Å². The number of pyridine rings is 1. The number of aliphatic hydroxyl groups excluding tert-OH is 1. The first-order chi connectivity index (χ1) is 17.5. The molecule has 0 aliphatic carbocycles. The van der Waals surface area contributed by atoms with Crippen LogP contribution in [-0.4, -0.2) is 77.5 Å². The highest BCUT2D eigenvalue weighted by molar-refractivity contribution is 5.94. The van der Waals surface area contributed by atoms with E-state index in [0.29, 0.717) is 12.2 Å². The van der Waals surface area contributed by atoms with Gasteiger partial charge in [0.25, 0.3) is 5.91 Å². The monoisotopic (exact) mass is 524 g/mol. The zero-order valence-corrected chi connectivity index (χ0v) is 19.9. The van der Waals surface area contributed by atoms with Crippen LogP contribution in [0.3, 0.4) is 0 Å². The first-order valence-corrected chi connectivity index (χ1v) is 11.3. The van der Waals surface area contributed by atoms with E-state index in [1.54, 1.807) is 0 Å². The highest BCUT2D eigenvalue weighted by Gasteiger charge is 2.39. The van der Waals surface area contributed by atoms with Crippen molar-refractivity contribution in [3.8, 4) is 11.3 Å². The van der Waals surface area contributed by atoms with Crippen molar-refractivity contribution in [1.82, 2.24) is 19.6 Å². The highest BCUT2D eigenvalue weighted by atomic mass is 19.4. The largest absolute Gasteiger partial charge is 0.453 e. The molecule has 0 saturated carbocycles. The maximum atomic E-state index is 15.2. The van der Waals surface area contributed by atoms with E-state index in [-0.39, 0.29) is 42.0 Å². The van der Waals surface area contributed by atoms with Crippen LogP contribution in [0.25, 0.3) is 16.9 Å². The third-order valence-corrected chi connectivity index (χ3v) is 6.08. The van der Waals surface area contributed by atoms with Gasteiger partial charge in [-0.3, -0.25) is 4.79 Å². The number of carbonyl (C=O) groups is 2. The van der Waals surface area contributed by atoms with Crippen molar-refractivity contribution in [2.75, 3.05) is 33.9 Å². The van der Waals surface area contributed by atoms with Crippen LogP contribution in [0, 0.1) is 5.82 Å². The summed E-state index contributed by atoms with van der Waals surface area (Å²) in [5.74, 6) is -1.26. The predicted molar refractivity (Wildman–Crippen MR) is 122 cm³/mol. The van der Waals surface area contributed by atoms with Crippen molar-refractivity contribution in [3.05, 3.63) is 59.2 Å². The Labute approximate surface area is 208 Å². The number of hydrogen-bond acceptors (Lipinski definition) is 6. The molecular weight excluding hydrogens is 500 g/mol. The number of rotatable bonds is 5. The fourth-order valence-electron chi connectivity index (χ4n) is 4.23. The lowest BCUT2D eigenvalue weighted by atomic mass is 10.0. The topological polar surface area (TPSA) is 105 Å². The maximum absolute atomic E-state index is 15.2. The molecule has 1 aromatic carbocycles. The molecule has 198 valence electrons. The van der Waals surface area contributed by atoms with E-state index in [4.69, 9.17) is 9.47 Å². The molecule has 1 aliphatic rings. The van der Waals surface area contributed by atoms with Gasteiger partial charge in [0.2, 0.25) is 0 Å². The van der Waals surface area contributed by atoms with Crippen LogP contribution >= 0.6 is 0 Å². The number of aliphatic hydroxyl groups is 1. The number of hydrogen-bond donors (Lipinski definition) is 2. The fraction of sp³-hybridized carbons (Fsp3) is 0.375. The Morgan fingerprint density at radius 2 is 2.05 bits per heavy atom. The zero-order chi connectivity index (χ0) is 26.9. The second-order valence-electron chi connectivity index (χ2n) is 8.43. The number of carbonyl (C=O) groups excluding carboxylic acids is 2. The molecule has 2 amide bonds. The Balaban J connectivity index is 1.79. The number of nitrogens with zero attached hydrogens (tertiary/aromatic N) is 3. The van der Waals surface area contributed by atoms with Gasteiger partial charge in [0, 0.05) is 37.3 Å². The Hall–Kier alpha value is -3.71. The van der Waals surface area contributed by atoms with Crippen LogP contribution in [-0.2, 0) is 15.9 Å². The lowest BCUT2D eigenvalue weighted by molar-refractivity contribution is -0.206. The summed E-state index contributed by atoms with van der Waals surface area (Å²) in [5.41, 5.74) is 0.245. The average molecular weight is 524 g/mol. The minimum atomic E-state index is -4.88. The number of morpholine rings is 1. The second-order valence-corrected chi connectivity index (χ2v) is 8.43. The highest BCUT2D eigenvalue weighted by Crippen LogP contribution is 2.35. The molecule has 3 aromatic rings. The molecule has 0 radical (unpaired) electrons. The van der Waals surface area contributed by atoms with E-state index in [9.17, 15) is 27.9 Å². The van der Waals surface area contributed by atoms with E-state index in [1.807, 2.05) is 0 Å². The predicted octanol–water partition coefficient (Wildman–Crippen LogP) is 3.11. The van der Waals surface area contributed by atoms with Crippen LogP contribution in [0.4, 0.5) is 22.4 Å². The minimum Gasteiger partial charge on any atom is -0.453 e. The molecule has 3 heterocycles. The Morgan fingerprint density at radius 3 is 2.70 bits per heavy atom. The van der Waals surface area contributed by atoms with E-state index in [1.165, 1.54) is 41.8 Å². The van der Waals surface area contributed by atoms with Crippen molar-refractivity contribution < 1.29 is 41.7 Å². The lowest BCUT2D eigenvalue weighted by Gasteiger charge is -2.32. The fourth-order valence-corrected chi connectivity index (χ4v) is 4.23. The molecule has 9 nitrogen and oxygen atoms in total. The molecule has 1 saturated heterocycles. The molecule has 37 heavy (non-hydrogen) atoms. The van der Waals surface area contributed by atoms with E-state index in [0.717, 1.165) is 18.2 Å². The van der Waals surface area contributed by atoms with E-state index >= 15 is 4.39 Å². The Kier molecular flexibility index (Phi) is 7.37. The van der Waals surface area contributed by atoms with Gasteiger partial charge in [0.15, 0.2) is 6.10 Å². The molecular formula is C24H24F4N4O5. The normalized spacial score (nSPS) is 17.1. The number of alkyl halides is 3. The van der Waals surface area contributed by atoms with Crippen molar-refractivity contribution >= 4 is 17.6 Å². The van der Waals surface area contributed by atoms with Gasteiger partial charge in [0.05, 0.1) is 37.8 Å². The van der Waals surface area contributed by atoms with Gasteiger partial charge in [-0.15, -0.1) is 0 Å². The van der Waals surface area contributed by atoms with Crippen molar-refractivity contribution in [1.29, 1.82) is 0 Å². The van der Waals surface area contributed by atoms with Crippen molar-refractivity contribution in [2.24, 2.45) is 0 Å². The number of halogens is 4. The number of amides is 2. The molecule has 13 heteroatoms. The number of methoxy groups -OCH3 is 1. The third kappa shape index (κ3) is 5.37. The molecule has 2 atom stereocenters. The Bertz CT molecular complexity index is 1330. The van der Waals surface area contributed by atoms with Crippen molar-refractivity contribution in [3.63, 3.8) is 0 Å². The van der Waals surface area contributed by atoms with E-state index in [2.05, 4.69) is 10.3 Å². The molecule has 0 spiro atoms. The van der Waals surface area contributed by atoms with Crippen LogP contribution in [0.5, 0.6) is 0 Å². The van der Waals surface area contributed by atoms with Crippen LogP contribution in [0.1, 0.15) is 27.7 Å². The standard InChI is InChI=1S/C24H24F4N4O5/c1-29-22(34)14-3-4-16(17(25)9-14)20-18(11-15-12-31(7-8-37-15)23(35)36-2)32-6-5-13(10-19(32)30-20)21(33)24(26,27)28/h3-6,9-10,15,21,33H,7-8,11-12H2,1-2H3,(H,29,34)/t15-,21+/m0/s1. The van der Waals surface area contributed by atoms with Gasteiger partial charge < -0.3 is 29.2 Å². The summed E-state index contributed by atoms with van der Waals surface area (Å²) in [6.45, 7) is 0.711. The number of aromatic nitrogens is 2. The number of benzene rings is 1. The van der Waals surface area contributed by atoms with Gasteiger partial charge in [-0.25, -0.2) is 14.2 Å². The van der Waals surface area contributed by atoms with Crippen molar-refractivity contribution in [2.45, 2.75) is 24.8 Å². The number of fused-ring (bicyclic) bond motifs is 1. The number of ether oxygens (including phenoxy) is 2. The lowest BCUT2D eigenvalue weighted by Crippen LogP contribution is -2.46. The second kappa shape index (κ2) is 10.3. The molecule has 2 N–H and O–H groups in total. The minimum absolute atomic E-state index is 0.0184. The van der Waals surface area contributed by atoms with Gasteiger partial charge in [-0.05, 0) is 35.9 Å². The van der Waals surface area contributed by atoms with Gasteiger partial charge >= 0.3 is 12.3 Å². The summed E-state index contributed by atoms with van der Waals surface area (Å²) >= 11 is 0. The smallest absolute Gasteiger partial charge is 0.418 e. The maximum Gasteiger partial charge on any atom is 0.418 e. The van der Waals surface area contributed by atoms with Crippen LogP contribution in [0.2, 0.25) is 0 Å². The molecule has 1 fully saturated rings. The summed E-state index contributed by atoms with van der Waals surface area (Å²) in [7, 11) is 2.66. The summed E-state index contributed by atoms with van der Waals surface area (Å²) in [6.07, 6.45) is -7.25. The molecule has 2 aromatic heterocycles. The summed E-state index contributed by atoms with van der Waals surface area (Å²) in [6, 6.07) is 5.98. The zero-order valence-electron chi connectivity index (χ0n) is 19.9. The SMILES string of the molecule is CNC(=O)c1ccc(-c2nc3cc([C@@H](O)C(F)(F)F)ccn3c2C[C@H]2CN(C(=O)OC)CCO2)c(F)c1. The third-order valence-electron chi connectivity index (χ3n) is 6.08. The summed E-state index contributed by atoms with van der Waals surface area (Å²) < 4.78 is 66.5. The first-order valence-electron chi connectivity index (χ1n) is 11.3. The number of nitrogens with one attached hydrogen (secondary N) is 1. The summed E-state index contributed by atoms with van der Waals surface area (Å²) in [5, 5.41) is 12.1. The molecule has 0 unspecified atom stereocenters. The van der Waals surface area contributed by atoms with Crippen LogP contribution in [0.15, 0.2) is 36.5 Å². The molecule has 4 rings (SSSR count). The molecule has 1 aliphatic heterocycles. The quantitative estimate of drug-likeness (QED) is 0.497. The van der Waals surface area contributed by atoms with Crippen LogP contribution < -0.4 is 5.32 Å².